The first-order chi connectivity index (χ1) is 8.75. The number of rotatable bonds is 3. The number of halogens is 1. The average molecular weight is 262 g/mol. The van der Waals surface area contributed by atoms with Gasteiger partial charge in [0.05, 0.1) is 29.9 Å². The van der Waals surface area contributed by atoms with Gasteiger partial charge in [-0.05, 0) is 25.1 Å². The zero-order chi connectivity index (χ0) is 12.5. The Labute approximate surface area is 109 Å². The maximum Gasteiger partial charge on any atom is 0.128 e. The molecule has 0 aliphatic rings. The van der Waals surface area contributed by atoms with Gasteiger partial charge < -0.3 is 8.98 Å². The molecule has 4 nitrogen and oxygen atoms in total. The van der Waals surface area contributed by atoms with Gasteiger partial charge in [-0.2, -0.15) is 0 Å². The summed E-state index contributed by atoms with van der Waals surface area (Å²) in [5, 5.41) is -0.160. The lowest BCUT2D eigenvalue weighted by Crippen LogP contribution is -2.05. The molecular formula is C13H12ClN3O. The maximum absolute atomic E-state index is 6.19. The third-order valence-electron chi connectivity index (χ3n) is 2.83. The topological polar surface area (TPSA) is 43.9 Å². The first kappa shape index (κ1) is 11.3. The Balaban J connectivity index is 2.15. The minimum atomic E-state index is -0.160. The summed E-state index contributed by atoms with van der Waals surface area (Å²) < 4.78 is 7.45. The lowest BCUT2D eigenvalue weighted by atomic mass is 10.3. The average Bonchev–Trinajstić information content (AvgIpc) is 2.98. The van der Waals surface area contributed by atoms with Crippen molar-refractivity contribution >= 4 is 22.6 Å². The minimum Gasteiger partial charge on any atom is -0.467 e. The number of furan rings is 1. The number of fused-ring (bicyclic) bond motifs is 1. The van der Waals surface area contributed by atoms with Crippen LogP contribution in [0.4, 0.5) is 0 Å². The Morgan fingerprint density at radius 1 is 1.44 bits per heavy atom. The summed E-state index contributed by atoms with van der Waals surface area (Å²) in [4.78, 5) is 8.60. The van der Waals surface area contributed by atoms with E-state index in [0.29, 0.717) is 6.54 Å². The number of hydrogen-bond donors (Lipinski definition) is 0. The zero-order valence-electron chi connectivity index (χ0n) is 9.88. The molecule has 18 heavy (non-hydrogen) atoms. The van der Waals surface area contributed by atoms with Gasteiger partial charge in [0.15, 0.2) is 0 Å². The maximum atomic E-state index is 6.19. The molecule has 0 saturated carbocycles. The molecule has 0 aliphatic heterocycles. The van der Waals surface area contributed by atoms with E-state index in [1.807, 2.05) is 25.1 Å². The number of hydrogen-bond acceptors (Lipinski definition) is 3. The fourth-order valence-corrected chi connectivity index (χ4v) is 2.20. The van der Waals surface area contributed by atoms with Crippen LogP contribution in [0.25, 0.3) is 11.0 Å². The molecule has 0 amide bonds. The number of pyridine rings is 1. The highest BCUT2D eigenvalue weighted by Gasteiger charge is 2.15. The molecule has 5 heteroatoms. The normalized spacial score (nSPS) is 13.0. The lowest BCUT2D eigenvalue weighted by Gasteiger charge is -2.08. The molecule has 0 aliphatic carbocycles. The molecule has 1 atom stereocenters. The van der Waals surface area contributed by atoms with Gasteiger partial charge in [-0.15, -0.1) is 11.6 Å². The molecule has 3 heterocycles. The van der Waals surface area contributed by atoms with Crippen LogP contribution < -0.4 is 0 Å². The fourth-order valence-electron chi connectivity index (χ4n) is 2.03. The van der Waals surface area contributed by atoms with Gasteiger partial charge in [-0.25, -0.2) is 4.98 Å². The molecule has 0 spiro atoms. The molecule has 1 unspecified atom stereocenters. The van der Waals surface area contributed by atoms with Gasteiger partial charge in [0, 0.05) is 6.20 Å². The largest absolute Gasteiger partial charge is 0.467 e. The Morgan fingerprint density at radius 2 is 2.33 bits per heavy atom. The van der Waals surface area contributed by atoms with Crippen molar-refractivity contribution in [3.8, 4) is 0 Å². The van der Waals surface area contributed by atoms with Gasteiger partial charge in [-0.3, -0.25) is 4.98 Å². The summed E-state index contributed by atoms with van der Waals surface area (Å²) in [7, 11) is 0. The summed E-state index contributed by atoms with van der Waals surface area (Å²) in [6, 6.07) is 5.75. The Bertz CT molecular complexity index is 658. The van der Waals surface area contributed by atoms with Crippen LogP contribution in [0.5, 0.6) is 0 Å². The first-order valence-electron chi connectivity index (χ1n) is 5.72. The highest BCUT2D eigenvalue weighted by Crippen LogP contribution is 2.25. The predicted octanol–water partition coefficient (Wildman–Crippen LogP) is 3.37. The van der Waals surface area contributed by atoms with E-state index in [9.17, 15) is 0 Å². The van der Waals surface area contributed by atoms with Crippen LogP contribution in [0, 0.1) is 0 Å². The predicted molar refractivity (Wildman–Crippen MR) is 69.6 cm³/mol. The van der Waals surface area contributed by atoms with E-state index in [0.717, 1.165) is 22.6 Å². The monoisotopic (exact) mass is 261 g/mol. The Kier molecular flexibility index (Phi) is 2.80. The number of imidazole rings is 1. The van der Waals surface area contributed by atoms with Crippen molar-refractivity contribution in [3.05, 3.63) is 48.4 Å². The fraction of sp³-hybridized carbons (Fsp3) is 0.231. The number of alkyl halides is 1. The van der Waals surface area contributed by atoms with Crippen molar-refractivity contribution in [2.45, 2.75) is 18.8 Å². The van der Waals surface area contributed by atoms with E-state index in [-0.39, 0.29) is 5.38 Å². The van der Waals surface area contributed by atoms with Crippen LogP contribution in [-0.2, 0) is 6.54 Å². The summed E-state index contributed by atoms with van der Waals surface area (Å²) in [6.45, 7) is 2.54. The number of aromatic nitrogens is 3. The molecule has 0 fully saturated rings. The molecule has 3 aromatic heterocycles. The quantitative estimate of drug-likeness (QED) is 0.679. The molecule has 3 aromatic rings. The third-order valence-corrected chi connectivity index (χ3v) is 3.03. The lowest BCUT2D eigenvalue weighted by molar-refractivity contribution is 0.492. The molecule has 0 aromatic carbocycles. The molecule has 0 bridgehead atoms. The molecule has 0 N–H and O–H groups in total. The van der Waals surface area contributed by atoms with Crippen molar-refractivity contribution in [1.82, 2.24) is 14.5 Å². The van der Waals surface area contributed by atoms with Gasteiger partial charge in [-0.1, -0.05) is 0 Å². The van der Waals surface area contributed by atoms with Crippen molar-refractivity contribution in [2.75, 3.05) is 0 Å². The van der Waals surface area contributed by atoms with Crippen LogP contribution in [0.1, 0.15) is 23.9 Å². The van der Waals surface area contributed by atoms with Crippen LogP contribution in [-0.4, -0.2) is 14.5 Å². The zero-order valence-corrected chi connectivity index (χ0v) is 10.6. The van der Waals surface area contributed by atoms with Gasteiger partial charge in [0.2, 0.25) is 0 Å². The Morgan fingerprint density at radius 3 is 3.06 bits per heavy atom. The van der Waals surface area contributed by atoms with Crippen LogP contribution in [0.2, 0.25) is 0 Å². The smallest absolute Gasteiger partial charge is 0.128 e. The van der Waals surface area contributed by atoms with Gasteiger partial charge in [0.1, 0.15) is 17.1 Å². The third kappa shape index (κ3) is 1.88. The van der Waals surface area contributed by atoms with Crippen molar-refractivity contribution in [2.24, 2.45) is 0 Å². The second kappa shape index (κ2) is 4.46. The highest BCUT2D eigenvalue weighted by atomic mass is 35.5. The summed E-state index contributed by atoms with van der Waals surface area (Å²) in [6.07, 6.45) is 5.17. The minimum absolute atomic E-state index is 0.160. The molecule has 0 saturated heterocycles. The van der Waals surface area contributed by atoms with Gasteiger partial charge >= 0.3 is 0 Å². The van der Waals surface area contributed by atoms with Crippen molar-refractivity contribution in [3.63, 3.8) is 0 Å². The van der Waals surface area contributed by atoms with E-state index in [4.69, 9.17) is 16.0 Å². The summed E-state index contributed by atoms with van der Waals surface area (Å²) in [5.41, 5.74) is 1.87. The first-order valence-corrected chi connectivity index (χ1v) is 6.16. The second-order valence-corrected chi connectivity index (χ2v) is 4.77. The van der Waals surface area contributed by atoms with Crippen molar-refractivity contribution in [1.29, 1.82) is 0 Å². The molecule has 0 radical (unpaired) electrons. The SMILES string of the molecule is CC(Cl)c1nc2cnccc2n1Cc1ccco1. The standard InChI is InChI=1S/C13H12ClN3O/c1-9(14)13-16-11-7-15-5-4-12(11)17(13)8-10-3-2-6-18-10/h2-7,9H,8H2,1H3. The highest BCUT2D eigenvalue weighted by molar-refractivity contribution is 6.20. The van der Waals surface area contributed by atoms with Crippen LogP contribution in [0.15, 0.2) is 41.3 Å². The van der Waals surface area contributed by atoms with Crippen molar-refractivity contribution < 1.29 is 4.42 Å². The molecule has 92 valence electrons. The van der Waals surface area contributed by atoms with Gasteiger partial charge in [0.25, 0.3) is 0 Å². The Hall–Kier alpha value is -1.81. The van der Waals surface area contributed by atoms with E-state index < -0.39 is 0 Å². The van der Waals surface area contributed by atoms with E-state index in [1.165, 1.54) is 0 Å². The van der Waals surface area contributed by atoms with Crippen LogP contribution in [0.3, 0.4) is 0 Å². The van der Waals surface area contributed by atoms with E-state index >= 15 is 0 Å². The van der Waals surface area contributed by atoms with Crippen LogP contribution >= 0.6 is 11.6 Å². The molecule has 3 rings (SSSR count). The number of nitrogens with zero attached hydrogens (tertiary/aromatic N) is 3. The summed E-state index contributed by atoms with van der Waals surface area (Å²) >= 11 is 6.19. The van der Waals surface area contributed by atoms with E-state index in [1.54, 1.807) is 18.7 Å². The molecular weight excluding hydrogens is 250 g/mol. The summed E-state index contributed by atoms with van der Waals surface area (Å²) in [5.74, 6) is 1.71. The second-order valence-electron chi connectivity index (χ2n) is 4.12. The van der Waals surface area contributed by atoms with E-state index in [2.05, 4.69) is 14.5 Å².